The molecule has 0 aromatic carbocycles. The molecule has 1 rings (SSSR count). The van der Waals surface area contributed by atoms with Crippen molar-refractivity contribution in [3.8, 4) is 0 Å². The van der Waals surface area contributed by atoms with E-state index in [4.69, 9.17) is 0 Å². The molecule has 0 saturated carbocycles. The van der Waals surface area contributed by atoms with Gasteiger partial charge < -0.3 is 15.3 Å². The molecule has 90 valence electrons. The van der Waals surface area contributed by atoms with Gasteiger partial charge >= 0.3 is 0 Å². The van der Waals surface area contributed by atoms with Crippen molar-refractivity contribution in [1.29, 1.82) is 0 Å². The topological polar surface area (TPSA) is 38.7 Å². The van der Waals surface area contributed by atoms with Crippen molar-refractivity contribution in [3.05, 3.63) is 0 Å². The second kappa shape index (κ2) is 5.80. The Morgan fingerprint density at radius 3 is 2.60 bits per heavy atom. The van der Waals surface area contributed by atoms with Gasteiger partial charge in [0.05, 0.1) is 6.10 Å². The van der Waals surface area contributed by atoms with Crippen LogP contribution < -0.4 is 5.32 Å². The number of aliphatic hydroxyl groups is 1. The number of aliphatic hydroxyl groups excluding tert-OH is 1. The third kappa shape index (κ3) is 3.72. The third-order valence-electron chi connectivity index (χ3n) is 3.22. The van der Waals surface area contributed by atoms with Crippen LogP contribution in [0.4, 0.5) is 0 Å². The molecule has 0 aromatic rings. The smallest absolute Gasteiger partial charge is 0.0791 e. The second-order valence-electron chi connectivity index (χ2n) is 4.94. The van der Waals surface area contributed by atoms with Gasteiger partial charge in [-0.25, -0.2) is 0 Å². The lowest BCUT2D eigenvalue weighted by atomic mass is 10.1. The Morgan fingerprint density at radius 2 is 2.13 bits per heavy atom. The summed E-state index contributed by atoms with van der Waals surface area (Å²) >= 11 is 0. The van der Waals surface area contributed by atoms with E-state index in [1.807, 2.05) is 7.05 Å². The quantitative estimate of drug-likeness (QED) is 0.645. The molecule has 0 radical (unpaired) electrons. The van der Waals surface area contributed by atoms with E-state index in [0.717, 1.165) is 19.6 Å². The minimum Gasteiger partial charge on any atom is -0.390 e. The molecule has 4 nitrogen and oxygen atoms in total. The molecule has 0 amide bonds. The van der Waals surface area contributed by atoms with Gasteiger partial charge in [-0.15, -0.1) is 0 Å². The molecule has 1 aliphatic heterocycles. The van der Waals surface area contributed by atoms with Crippen molar-refractivity contribution in [2.24, 2.45) is 5.92 Å². The summed E-state index contributed by atoms with van der Waals surface area (Å²) < 4.78 is 0. The highest BCUT2D eigenvalue weighted by Crippen LogP contribution is 2.19. The van der Waals surface area contributed by atoms with Gasteiger partial charge in [0.25, 0.3) is 0 Å². The monoisotopic (exact) mass is 215 g/mol. The summed E-state index contributed by atoms with van der Waals surface area (Å²) in [6.45, 7) is 5.93. The maximum Gasteiger partial charge on any atom is 0.0791 e. The molecule has 0 spiro atoms. The fraction of sp³-hybridized carbons (Fsp3) is 1.00. The highest BCUT2D eigenvalue weighted by atomic mass is 16.3. The zero-order valence-corrected chi connectivity index (χ0v) is 10.4. The second-order valence-corrected chi connectivity index (χ2v) is 4.94. The summed E-state index contributed by atoms with van der Waals surface area (Å²) in [4.78, 5) is 4.65. The van der Waals surface area contributed by atoms with Crippen LogP contribution in [0, 0.1) is 5.92 Å². The zero-order chi connectivity index (χ0) is 11.4. The van der Waals surface area contributed by atoms with Crippen LogP contribution in [-0.4, -0.2) is 74.4 Å². The number of hydrogen-bond acceptors (Lipinski definition) is 4. The van der Waals surface area contributed by atoms with Crippen LogP contribution in [0.15, 0.2) is 0 Å². The summed E-state index contributed by atoms with van der Waals surface area (Å²) in [5.41, 5.74) is 0. The van der Waals surface area contributed by atoms with Crippen LogP contribution in [-0.2, 0) is 0 Å². The molecule has 3 unspecified atom stereocenters. The van der Waals surface area contributed by atoms with E-state index < -0.39 is 0 Å². The van der Waals surface area contributed by atoms with E-state index in [1.54, 1.807) is 0 Å². The SMILES string of the molecule is CNCC(O)CN1CC(C)C(N(C)C)C1. The first-order chi connectivity index (χ1) is 7.04. The number of rotatable bonds is 5. The van der Waals surface area contributed by atoms with Crippen LogP contribution in [0.5, 0.6) is 0 Å². The lowest BCUT2D eigenvalue weighted by Crippen LogP contribution is -2.38. The molecule has 3 atom stereocenters. The number of nitrogens with zero attached hydrogens (tertiary/aromatic N) is 2. The van der Waals surface area contributed by atoms with Gasteiger partial charge in [0.1, 0.15) is 0 Å². The highest BCUT2D eigenvalue weighted by Gasteiger charge is 2.31. The van der Waals surface area contributed by atoms with E-state index in [2.05, 4.69) is 36.1 Å². The first-order valence-electron chi connectivity index (χ1n) is 5.76. The summed E-state index contributed by atoms with van der Waals surface area (Å²) in [6, 6.07) is 0.631. The van der Waals surface area contributed by atoms with E-state index in [-0.39, 0.29) is 6.10 Å². The van der Waals surface area contributed by atoms with Crippen molar-refractivity contribution >= 4 is 0 Å². The van der Waals surface area contributed by atoms with Gasteiger partial charge in [-0.05, 0) is 27.1 Å². The molecule has 1 heterocycles. The Balaban J connectivity index is 2.34. The first kappa shape index (κ1) is 12.9. The molecule has 0 bridgehead atoms. The van der Waals surface area contributed by atoms with Crippen molar-refractivity contribution in [1.82, 2.24) is 15.1 Å². The summed E-state index contributed by atoms with van der Waals surface area (Å²) in [5.74, 6) is 0.696. The van der Waals surface area contributed by atoms with Crippen molar-refractivity contribution in [2.45, 2.75) is 19.1 Å². The van der Waals surface area contributed by atoms with Gasteiger partial charge in [-0.3, -0.25) is 4.90 Å². The molecule has 4 heteroatoms. The molecule has 1 fully saturated rings. The maximum absolute atomic E-state index is 9.70. The molecule has 0 aliphatic carbocycles. The predicted molar refractivity (Wildman–Crippen MR) is 63.0 cm³/mol. The summed E-state index contributed by atoms with van der Waals surface area (Å²) in [5, 5.41) is 12.7. The Morgan fingerprint density at radius 1 is 1.47 bits per heavy atom. The van der Waals surface area contributed by atoms with Crippen molar-refractivity contribution in [3.63, 3.8) is 0 Å². The van der Waals surface area contributed by atoms with Gasteiger partial charge in [-0.1, -0.05) is 6.92 Å². The maximum atomic E-state index is 9.70. The minimum absolute atomic E-state index is 0.247. The molecule has 0 aromatic heterocycles. The van der Waals surface area contributed by atoms with E-state index in [0.29, 0.717) is 18.5 Å². The predicted octanol–water partition coefficient (Wildman–Crippen LogP) is -0.551. The van der Waals surface area contributed by atoms with Gasteiger partial charge in [0, 0.05) is 32.2 Å². The normalized spacial score (nSPS) is 30.0. The lowest BCUT2D eigenvalue weighted by Gasteiger charge is -2.23. The number of hydrogen-bond donors (Lipinski definition) is 2. The first-order valence-corrected chi connectivity index (χ1v) is 5.76. The largest absolute Gasteiger partial charge is 0.390 e. The highest BCUT2D eigenvalue weighted by molar-refractivity contribution is 4.87. The summed E-state index contributed by atoms with van der Waals surface area (Å²) in [7, 11) is 6.14. The average molecular weight is 215 g/mol. The van der Waals surface area contributed by atoms with Crippen molar-refractivity contribution < 1.29 is 5.11 Å². The molecule has 1 aliphatic rings. The Kier molecular flexibility index (Phi) is 4.99. The Bertz CT molecular complexity index is 187. The van der Waals surface area contributed by atoms with Gasteiger partial charge in [-0.2, -0.15) is 0 Å². The Hall–Kier alpha value is -0.160. The van der Waals surface area contributed by atoms with Gasteiger partial charge in [0.15, 0.2) is 0 Å². The summed E-state index contributed by atoms with van der Waals surface area (Å²) in [6.07, 6.45) is -0.247. The van der Waals surface area contributed by atoms with Crippen molar-refractivity contribution in [2.75, 3.05) is 47.3 Å². The number of nitrogens with one attached hydrogen (secondary N) is 1. The minimum atomic E-state index is -0.247. The van der Waals surface area contributed by atoms with Crippen LogP contribution in [0.1, 0.15) is 6.92 Å². The van der Waals surface area contributed by atoms with Crippen LogP contribution >= 0.6 is 0 Å². The van der Waals surface area contributed by atoms with E-state index >= 15 is 0 Å². The number of likely N-dealkylation sites (N-methyl/N-ethyl adjacent to an activating group) is 2. The molecular formula is C11H25N3O. The van der Waals surface area contributed by atoms with Crippen LogP contribution in [0.3, 0.4) is 0 Å². The molecular weight excluding hydrogens is 190 g/mol. The zero-order valence-electron chi connectivity index (χ0n) is 10.4. The third-order valence-corrected chi connectivity index (χ3v) is 3.22. The standard InChI is InChI=1S/C11H25N3O/c1-9-6-14(7-10(15)5-12-2)8-11(9)13(3)4/h9-12,15H,5-8H2,1-4H3. The van der Waals surface area contributed by atoms with E-state index in [9.17, 15) is 5.11 Å². The lowest BCUT2D eigenvalue weighted by molar-refractivity contribution is 0.121. The fourth-order valence-corrected chi connectivity index (χ4v) is 2.47. The van der Waals surface area contributed by atoms with Crippen LogP contribution in [0.25, 0.3) is 0 Å². The molecule has 1 saturated heterocycles. The number of likely N-dealkylation sites (tertiary alicyclic amines) is 1. The number of β-amino-alcohol motifs (C(OH)–C–C–N with tert-alkyl or cyclic N) is 1. The molecule has 15 heavy (non-hydrogen) atoms. The Labute approximate surface area is 93.2 Å². The van der Waals surface area contributed by atoms with Gasteiger partial charge in [0.2, 0.25) is 0 Å². The van der Waals surface area contributed by atoms with E-state index in [1.165, 1.54) is 0 Å². The molecule has 2 N–H and O–H groups in total. The fourth-order valence-electron chi connectivity index (χ4n) is 2.47. The van der Waals surface area contributed by atoms with Crippen LogP contribution in [0.2, 0.25) is 0 Å². The average Bonchev–Trinajstić information content (AvgIpc) is 2.47.